The second-order valence-corrected chi connectivity index (χ2v) is 5.45. The Morgan fingerprint density at radius 3 is 2.53 bits per heavy atom. The van der Waals surface area contributed by atoms with Crippen LogP contribution < -0.4 is 5.73 Å². The molecule has 1 aromatic carbocycles. The predicted octanol–water partition coefficient (Wildman–Crippen LogP) is 2.51. The number of benzene rings is 1. The quantitative estimate of drug-likeness (QED) is 0.788. The van der Waals surface area contributed by atoms with E-state index in [9.17, 15) is 4.39 Å². The highest BCUT2D eigenvalue weighted by atomic mass is 19.1. The lowest BCUT2D eigenvalue weighted by Gasteiger charge is -2.71. The predicted molar refractivity (Wildman–Crippen MR) is 58.2 cm³/mol. The molecular formula is C13H16FN. The summed E-state index contributed by atoms with van der Waals surface area (Å²) >= 11 is 0. The second kappa shape index (κ2) is 2.62. The first kappa shape index (κ1) is 9.34. The smallest absolute Gasteiger partial charge is 0.127 e. The number of nitrogens with two attached hydrogens (primary N) is 1. The third-order valence-corrected chi connectivity index (χ3v) is 4.33. The Bertz CT molecular complexity index is 385. The van der Waals surface area contributed by atoms with E-state index in [1.807, 2.05) is 13.0 Å². The van der Waals surface area contributed by atoms with E-state index >= 15 is 0 Å². The second-order valence-electron chi connectivity index (χ2n) is 5.45. The van der Waals surface area contributed by atoms with E-state index in [1.54, 1.807) is 12.1 Å². The molecule has 1 aromatic rings. The van der Waals surface area contributed by atoms with Crippen molar-refractivity contribution in [3.05, 3.63) is 35.1 Å². The van der Waals surface area contributed by atoms with Gasteiger partial charge in [-0.3, -0.25) is 0 Å². The van der Waals surface area contributed by atoms with Crippen molar-refractivity contribution in [2.24, 2.45) is 11.1 Å². The van der Waals surface area contributed by atoms with Gasteiger partial charge in [0.2, 0.25) is 0 Å². The molecule has 0 radical (unpaired) electrons. The van der Waals surface area contributed by atoms with Crippen molar-refractivity contribution in [3.63, 3.8) is 0 Å². The SMILES string of the molecule is Cc1cccc(F)c1C12CC(CN)(C1)C2. The lowest BCUT2D eigenvalue weighted by Crippen LogP contribution is -2.67. The third-order valence-electron chi connectivity index (χ3n) is 4.33. The number of rotatable bonds is 2. The molecule has 2 N–H and O–H groups in total. The van der Waals surface area contributed by atoms with Gasteiger partial charge in [0.1, 0.15) is 5.82 Å². The van der Waals surface area contributed by atoms with E-state index in [2.05, 4.69) is 0 Å². The van der Waals surface area contributed by atoms with Gasteiger partial charge in [0, 0.05) is 5.41 Å². The summed E-state index contributed by atoms with van der Waals surface area (Å²) in [6.45, 7) is 2.77. The molecule has 0 saturated heterocycles. The van der Waals surface area contributed by atoms with Gasteiger partial charge in [0.25, 0.3) is 0 Å². The first-order valence-corrected chi connectivity index (χ1v) is 5.57. The zero-order valence-corrected chi connectivity index (χ0v) is 9.02. The van der Waals surface area contributed by atoms with Crippen LogP contribution in [-0.4, -0.2) is 6.54 Å². The minimum Gasteiger partial charge on any atom is -0.330 e. The zero-order valence-electron chi connectivity index (χ0n) is 9.02. The van der Waals surface area contributed by atoms with E-state index < -0.39 is 0 Å². The van der Waals surface area contributed by atoms with E-state index in [1.165, 1.54) is 0 Å². The van der Waals surface area contributed by atoms with Gasteiger partial charge in [0.05, 0.1) is 0 Å². The van der Waals surface area contributed by atoms with Crippen LogP contribution in [0.5, 0.6) is 0 Å². The van der Waals surface area contributed by atoms with Crippen LogP contribution in [0, 0.1) is 18.2 Å². The lowest BCUT2D eigenvalue weighted by atomic mass is 9.33. The monoisotopic (exact) mass is 205 g/mol. The Balaban J connectivity index is 1.97. The average Bonchev–Trinajstić information content (AvgIpc) is 2.06. The topological polar surface area (TPSA) is 26.0 Å². The van der Waals surface area contributed by atoms with Crippen LogP contribution in [0.2, 0.25) is 0 Å². The maximum atomic E-state index is 13.8. The van der Waals surface area contributed by atoms with Gasteiger partial charge in [-0.15, -0.1) is 0 Å². The van der Waals surface area contributed by atoms with Crippen molar-refractivity contribution in [1.29, 1.82) is 0 Å². The molecule has 0 aliphatic heterocycles. The van der Waals surface area contributed by atoms with Crippen molar-refractivity contribution in [2.75, 3.05) is 6.54 Å². The van der Waals surface area contributed by atoms with Crippen LogP contribution >= 0.6 is 0 Å². The third kappa shape index (κ3) is 1.01. The highest BCUT2D eigenvalue weighted by Gasteiger charge is 2.68. The molecule has 3 saturated carbocycles. The molecule has 3 aliphatic carbocycles. The van der Waals surface area contributed by atoms with Crippen LogP contribution in [0.3, 0.4) is 0 Å². The number of halogens is 1. The van der Waals surface area contributed by atoms with Crippen molar-refractivity contribution in [1.82, 2.24) is 0 Å². The van der Waals surface area contributed by atoms with Crippen LogP contribution in [-0.2, 0) is 5.41 Å². The summed E-state index contributed by atoms with van der Waals surface area (Å²) in [7, 11) is 0. The van der Waals surface area contributed by atoms with Gasteiger partial charge in [-0.05, 0) is 55.3 Å². The Hall–Kier alpha value is -0.890. The number of hydrogen-bond acceptors (Lipinski definition) is 1. The van der Waals surface area contributed by atoms with Crippen molar-refractivity contribution >= 4 is 0 Å². The van der Waals surface area contributed by atoms with Crippen molar-refractivity contribution in [2.45, 2.75) is 31.6 Å². The van der Waals surface area contributed by atoms with E-state index in [4.69, 9.17) is 5.73 Å². The highest BCUT2D eigenvalue weighted by molar-refractivity contribution is 5.44. The molecule has 2 heteroatoms. The summed E-state index contributed by atoms with van der Waals surface area (Å²) in [6, 6.07) is 5.38. The summed E-state index contributed by atoms with van der Waals surface area (Å²) < 4.78 is 13.8. The fraction of sp³-hybridized carbons (Fsp3) is 0.538. The number of hydrogen-bond donors (Lipinski definition) is 1. The minimum absolute atomic E-state index is 0.0275. The molecule has 4 rings (SSSR count). The zero-order chi connectivity index (χ0) is 10.7. The van der Waals surface area contributed by atoms with Gasteiger partial charge in [-0.25, -0.2) is 4.39 Å². The molecule has 0 spiro atoms. The standard InChI is InChI=1S/C13H16FN/c1-9-3-2-4-10(14)11(9)13-5-12(6-13,7-13)8-15/h2-4H,5-8,15H2,1H3. The normalized spacial score (nSPS) is 37.0. The molecule has 0 atom stereocenters. The van der Waals surface area contributed by atoms with Crippen LogP contribution in [0.4, 0.5) is 4.39 Å². The average molecular weight is 205 g/mol. The highest BCUT2D eigenvalue weighted by Crippen LogP contribution is 2.73. The van der Waals surface area contributed by atoms with Gasteiger partial charge in [0.15, 0.2) is 0 Å². The molecule has 0 heterocycles. The van der Waals surface area contributed by atoms with E-state index in [0.717, 1.165) is 36.9 Å². The summed E-state index contributed by atoms with van der Waals surface area (Å²) in [5.74, 6) is -0.0275. The molecule has 0 aromatic heterocycles. The fourth-order valence-corrected chi connectivity index (χ4v) is 3.78. The van der Waals surface area contributed by atoms with Crippen LogP contribution in [0.25, 0.3) is 0 Å². The minimum atomic E-state index is -0.0275. The lowest BCUT2D eigenvalue weighted by molar-refractivity contribution is -0.134. The summed E-state index contributed by atoms with van der Waals surface area (Å²) in [4.78, 5) is 0. The summed E-state index contributed by atoms with van der Waals surface area (Å²) in [6.07, 6.45) is 3.29. The van der Waals surface area contributed by atoms with Gasteiger partial charge in [-0.2, -0.15) is 0 Å². The van der Waals surface area contributed by atoms with Crippen molar-refractivity contribution in [3.8, 4) is 0 Å². The van der Waals surface area contributed by atoms with Gasteiger partial charge >= 0.3 is 0 Å². The molecule has 0 amide bonds. The fourth-order valence-electron chi connectivity index (χ4n) is 3.78. The molecule has 80 valence electrons. The molecule has 2 bridgehead atoms. The molecule has 0 unspecified atom stereocenters. The summed E-state index contributed by atoms with van der Waals surface area (Å²) in [5, 5.41) is 0. The first-order chi connectivity index (χ1) is 7.11. The van der Waals surface area contributed by atoms with Gasteiger partial charge in [-0.1, -0.05) is 12.1 Å². The molecular weight excluding hydrogens is 189 g/mol. The Labute approximate surface area is 89.5 Å². The maximum absolute atomic E-state index is 13.8. The first-order valence-electron chi connectivity index (χ1n) is 5.57. The summed E-state index contributed by atoms with van der Waals surface area (Å²) in [5.41, 5.74) is 8.30. The van der Waals surface area contributed by atoms with Crippen molar-refractivity contribution < 1.29 is 4.39 Å². The Kier molecular flexibility index (Phi) is 1.63. The van der Waals surface area contributed by atoms with E-state index in [0.29, 0.717) is 5.41 Å². The Morgan fingerprint density at radius 2 is 2.00 bits per heavy atom. The van der Waals surface area contributed by atoms with Gasteiger partial charge < -0.3 is 5.73 Å². The molecule has 3 aliphatic rings. The maximum Gasteiger partial charge on any atom is 0.127 e. The van der Waals surface area contributed by atoms with E-state index in [-0.39, 0.29) is 11.2 Å². The molecule has 15 heavy (non-hydrogen) atoms. The number of aryl methyl sites for hydroxylation is 1. The molecule has 3 fully saturated rings. The Morgan fingerprint density at radius 1 is 1.33 bits per heavy atom. The largest absolute Gasteiger partial charge is 0.330 e. The van der Waals surface area contributed by atoms with Crippen LogP contribution in [0.15, 0.2) is 18.2 Å². The molecule has 1 nitrogen and oxygen atoms in total. The van der Waals surface area contributed by atoms with Crippen LogP contribution in [0.1, 0.15) is 30.4 Å².